The van der Waals surface area contributed by atoms with Crippen LogP contribution < -0.4 is 9.47 Å². The molecule has 0 N–H and O–H groups in total. The summed E-state index contributed by atoms with van der Waals surface area (Å²) in [4.78, 5) is 0. The molecule has 0 aliphatic heterocycles. The summed E-state index contributed by atoms with van der Waals surface area (Å²) in [5.41, 5.74) is 0.785. The van der Waals surface area contributed by atoms with Gasteiger partial charge in [0.1, 0.15) is 11.5 Å². The Morgan fingerprint density at radius 1 is 1.00 bits per heavy atom. The van der Waals surface area contributed by atoms with Crippen LogP contribution in [0.4, 0.5) is 0 Å². The van der Waals surface area contributed by atoms with Crippen molar-refractivity contribution in [2.24, 2.45) is 0 Å². The number of benzene rings is 1. The molecule has 4 heteroatoms. The first-order valence-corrected chi connectivity index (χ1v) is 5.61. The van der Waals surface area contributed by atoms with E-state index < -0.39 is 0 Å². The van der Waals surface area contributed by atoms with Gasteiger partial charge in [0.05, 0.1) is 23.3 Å². The maximum absolute atomic E-state index is 6.08. The van der Waals surface area contributed by atoms with Gasteiger partial charge in [0.15, 0.2) is 0 Å². The van der Waals surface area contributed by atoms with Crippen LogP contribution in [0.15, 0.2) is 6.07 Å². The Morgan fingerprint density at radius 2 is 1.40 bits per heavy atom. The second-order valence-corrected chi connectivity index (χ2v) is 3.75. The van der Waals surface area contributed by atoms with Gasteiger partial charge < -0.3 is 9.47 Å². The standard InChI is InChI=1S/C11H14Cl2O2/c1-4-14-8-6-9(15-5-2)11(13)7(3)10(8)12/h6H,4-5H2,1-3H3. The third-order valence-corrected chi connectivity index (χ3v) is 2.89. The molecule has 1 aromatic carbocycles. The number of hydrogen-bond donors (Lipinski definition) is 0. The maximum atomic E-state index is 6.08. The van der Waals surface area contributed by atoms with Gasteiger partial charge in [0, 0.05) is 6.07 Å². The average molecular weight is 249 g/mol. The van der Waals surface area contributed by atoms with Crippen LogP contribution in [0.25, 0.3) is 0 Å². The number of rotatable bonds is 4. The van der Waals surface area contributed by atoms with Gasteiger partial charge in [-0.25, -0.2) is 0 Å². The zero-order valence-electron chi connectivity index (χ0n) is 9.06. The van der Waals surface area contributed by atoms with E-state index in [9.17, 15) is 0 Å². The van der Waals surface area contributed by atoms with Crippen LogP contribution in [0.1, 0.15) is 19.4 Å². The van der Waals surface area contributed by atoms with Crippen molar-refractivity contribution in [3.8, 4) is 11.5 Å². The summed E-state index contributed by atoms with van der Waals surface area (Å²) in [6, 6.07) is 1.73. The number of ether oxygens (including phenoxy) is 2. The average Bonchev–Trinajstić information content (AvgIpc) is 2.22. The van der Waals surface area contributed by atoms with Crippen molar-refractivity contribution in [3.63, 3.8) is 0 Å². The van der Waals surface area contributed by atoms with E-state index in [1.807, 2.05) is 20.8 Å². The highest BCUT2D eigenvalue weighted by molar-refractivity contribution is 6.37. The molecule has 1 aromatic rings. The molecule has 1 rings (SSSR count). The van der Waals surface area contributed by atoms with Crippen molar-refractivity contribution < 1.29 is 9.47 Å². The molecule has 0 atom stereocenters. The van der Waals surface area contributed by atoms with Gasteiger partial charge in [-0.15, -0.1) is 0 Å². The van der Waals surface area contributed by atoms with E-state index in [1.165, 1.54) is 0 Å². The summed E-state index contributed by atoms with van der Waals surface area (Å²) >= 11 is 12.2. The summed E-state index contributed by atoms with van der Waals surface area (Å²) in [5.74, 6) is 1.23. The lowest BCUT2D eigenvalue weighted by atomic mass is 10.2. The molecule has 0 unspecified atom stereocenters. The zero-order valence-corrected chi connectivity index (χ0v) is 10.6. The number of hydrogen-bond acceptors (Lipinski definition) is 2. The maximum Gasteiger partial charge on any atom is 0.141 e. The van der Waals surface area contributed by atoms with Gasteiger partial charge in [0.25, 0.3) is 0 Å². The first-order chi connectivity index (χ1) is 7.11. The molecular formula is C11H14Cl2O2. The molecule has 0 radical (unpaired) electrons. The fourth-order valence-corrected chi connectivity index (χ4v) is 1.69. The highest BCUT2D eigenvalue weighted by Crippen LogP contribution is 2.39. The molecule has 0 saturated heterocycles. The molecule has 0 fully saturated rings. The van der Waals surface area contributed by atoms with E-state index in [1.54, 1.807) is 6.07 Å². The molecule has 0 heterocycles. The lowest BCUT2D eigenvalue weighted by molar-refractivity contribution is 0.323. The van der Waals surface area contributed by atoms with Crippen LogP contribution >= 0.6 is 23.2 Å². The fourth-order valence-electron chi connectivity index (χ4n) is 1.23. The van der Waals surface area contributed by atoms with Crippen molar-refractivity contribution >= 4 is 23.2 Å². The van der Waals surface area contributed by atoms with Crippen LogP contribution in [0.5, 0.6) is 11.5 Å². The molecule has 0 aliphatic carbocycles. The van der Waals surface area contributed by atoms with E-state index >= 15 is 0 Å². The lowest BCUT2D eigenvalue weighted by Gasteiger charge is -2.13. The molecule has 0 aliphatic rings. The quantitative estimate of drug-likeness (QED) is 0.799. The molecule has 0 spiro atoms. The molecule has 0 aromatic heterocycles. The molecule has 2 nitrogen and oxygen atoms in total. The normalized spacial score (nSPS) is 10.2. The fraction of sp³-hybridized carbons (Fsp3) is 0.455. The third-order valence-electron chi connectivity index (χ3n) is 1.95. The van der Waals surface area contributed by atoms with E-state index in [0.29, 0.717) is 34.8 Å². The molecule has 15 heavy (non-hydrogen) atoms. The van der Waals surface area contributed by atoms with Crippen molar-refractivity contribution in [2.75, 3.05) is 13.2 Å². The first kappa shape index (κ1) is 12.5. The lowest BCUT2D eigenvalue weighted by Crippen LogP contribution is -1.98. The molecule has 0 amide bonds. The van der Waals surface area contributed by atoms with E-state index in [0.717, 1.165) is 5.56 Å². The largest absolute Gasteiger partial charge is 0.492 e. The zero-order chi connectivity index (χ0) is 11.4. The van der Waals surface area contributed by atoms with Gasteiger partial charge in [-0.2, -0.15) is 0 Å². The van der Waals surface area contributed by atoms with Crippen molar-refractivity contribution in [1.82, 2.24) is 0 Å². The minimum atomic E-state index is 0.547. The topological polar surface area (TPSA) is 18.5 Å². The van der Waals surface area contributed by atoms with Crippen molar-refractivity contribution in [3.05, 3.63) is 21.7 Å². The van der Waals surface area contributed by atoms with Gasteiger partial charge in [-0.05, 0) is 26.3 Å². The Bertz CT molecular complexity index is 321. The van der Waals surface area contributed by atoms with Gasteiger partial charge in [-0.1, -0.05) is 23.2 Å². The summed E-state index contributed by atoms with van der Waals surface area (Å²) in [6.45, 7) is 6.77. The Morgan fingerprint density at radius 3 is 1.73 bits per heavy atom. The van der Waals surface area contributed by atoms with E-state index in [2.05, 4.69) is 0 Å². The van der Waals surface area contributed by atoms with Crippen LogP contribution in [0.3, 0.4) is 0 Å². The van der Waals surface area contributed by atoms with Crippen molar-refractivity contribution in [1.29, 1.82) is 0 Å². The predicted octanol–water partition coefficient (Wildman–Crippen LogP) is 4.10. The highest BCUT2D eigenvalue weighted by Gasteiger charge is 2.13. The van der Waals surface area contributed by atoms with Gasteiger partial charge >= 0.3 is 0 Å². The van der Waals surface area contributed by atoms with Gasteiger partial charge in [0.2, 0.25) is 0 Å². The Labute approximate surface area is 100 Å². The van der Waals surface area contributed by atoms with E-state index in [4.69, 9.17) is 32.7 Å². The van der Waals surface area contributed by atoms with Gasteiger partial charge in [-0.3, -0.25) is 0 Å². The minimum absolute atomic E-state index is 0.547. The second kappa shape index (κ2) is 5.47. The summed E-state index contributed by atoms with van der Waals surface area (Å²) in [5, 5.41) is 1.09. The van der Waals surface area contributed by atoms with Crippen LogP contribution in [-0.4, -0.2) is 13.2 Å². The third kappa shape index (κ3) is 2.70. The Hall–Kier alpha value is -0.600. The SMILES string of the molecule is CCOc1cc(OCC)c(Cl)c(C)c1Cl. The molecule has 84 valence electrons. The smallest absolute Gasteiger partial charge is 0.141 e. The first-order valence-electron chi connectivity index (χ1n) is 4.86. The predicted molar refractivity (Wildman–Crippen MR) is 63.5 cm³/mol. The highest BCUT2D eigenvalue weighted by atomic mass is 35.5. The molecular weight excluding hydrogens is 235 g/mol. The summed E-state index contributed by atoms with van der Waals surface area (Å²) in [7, 11) is 0. The monoisotopic (exact) mass is 248 g/mol. The Balaban J connectivity index is 3.19. The molecule has 0 saturated carbocycles. The van der Waals surface area contributed by atoms with Crippen molar-refractivity contribution in [2.45, 2.75) is 20.8 Å². The van der Waals surface area contributed by atoms with E-state index in [-0.39, 0.29) is 0 Å². The second-order valence-electron chi connectivity index (χ2n) is 2.99. The minimum Gasteiger partial charge on any atom is -0.492 e. The van der Waals surface area contributed by atoms with Crippen LogP contribution in [0, 0.1) is 6.92 Å². The Kier molecular flexibility index (Phi) is 4.55. The van der Waals surface area contributed by atoms with Crippen LogP contribution in [0.2, 0.25) is 10.0 Å². The molecule has 0 bridgehead atoms. The summed E-state index contributed by atoms with van der Waals surface area (Å²) < 4.78 is 10.8. The number of halogens is 2. The summed E-state index contributed by atoms with van der Waals surface area (Å²) in [6.07, 6.45) is 0. The van der Waals surface area contributed by atoms with Crippen LogP contribution in [-0.2, 0) is 0 Å².